The smallest absolute Gasteiger partial charge is 0.266 e. The zero-order valence-corrected chi connectivity index (χ0v) is 15.9. The van der Waals surface area contributed by atoms with Crippen LogP contribution < -0.4 is 0 Å². The van der Waals surface area contributed by atoms with Gasteiger partial charge in [0.05, 0.1) is 4.91 Å². The van der Waals surface area contributed by atoms with Crippen LogP contribution in [0.2, 0.25) is 5.15 Å². The number of amidine groups is 1. The number of nitrogens with zero attached hydrogens (tertiary/aromatic N) is 3. The minimum Gasteiger partial charge on any atom is -0.287 e. The maximum absolute atomic E-state index is 12.6. The summed E-state index contributed by atoms with van der Waals surface area (Å²) in [5, 5.41) is 0.928. The lowest BCUT2D eigenvalue weighted by atomic mass is 10.2. The van der Waals surface area contributed by atoms with Gasteiger partial charge >= 0.3 is 0 Å². The molecule has 1 aliphatic rings. The third-order valence-electron chi connectivity index (χ3n) is 3.31. The zero-order valence-electron chi connectivity index (χ0n) is 12.7. The summed E-state index contributed by atoms with van der Waals surface area (Å²) in [6.07, 6.45) is 3.48. The van der Waals surface area contributed by atoms with E-state index >= 15 is 0 Å². The number of carbonyl (C=O) groups excluding carboxylic acids is 1. The van der Waals surface area contributed by atoms with Crippen LogP contribution in [0.4, 0.5) is 5.69 Å². The number of amides is 1. The average Bonchev–Trinajstić information content (AvgIpc) is 2.85. The first-order valence-corrected chi connectivity index (χ1v) is 9.23. The van der Waals surface area contributed by atoms with E-state index in [4.69, 9.17) is 11.6 Å². The van der Waals surface area contributed by atoms with Crippen molar-refractivity contribution in [2.24, 2.45) is 4.99 Å². The van der Waals surface area contributed by atoms with Gasteiger partial charge in [-0.25, -0.2) is 9.98 Å². The lowest BCUT2D eigenvalue weighted by Crippen LogP contribution is -2.28. The molecule has 0 bridgehead atoms. The summed E-state index contributed by atoms with van der Waals surface area (Å²) in [6.45, 7) is 2.46. The van der Waals surface area contributed by atoms with Gasteiger partial charge in [0.15, 0.2) is 10.3 Å². The van der Waals surface area contributed by atoms with Gasteiger partial charge in [-0.3, -0.25) is 9.69 Å². The molecule has 3 rings (SSSR count). The van der Waals surface area contributed by atoms with Crippen LogP contribution in [-0.2, 0) is 4.79 Å². The van der Waals surface area contributed by atoms with Crippen molar-refractivity contribution < 1.29 is 4.79 Å². The Bertz CT molecular complexity index is 853. The van der Waals surface area contributed by atoms with E-state index in [9.17, 15) is 4.79 Å². The molecule has 4 nitrogen and oxygen atoms in total. The van der Waals surface area contributed by atoms with Gasteiger partial charge in [-0.2, -0.15) is 0 Å². The lowest BCUT2D eigenvalue weighted by molar-refractivity contribution is -0.122. The highest BCUT2D eigenvalue weighted by Gasteiger charge is 2.32. The van der Waals surface area contributed by atoms with E-state index < -0.39 is 0 Å². The maximum atomic E-state index is 12.6. The number of likely N-dealkylation sites (N-methyl/N-ethyl adjacent to an activating group) is 1. The Morgan fingerprint density at radius 2 is 2.21 bits per heavy atom. The average molecular weight is 423 g/mol. The second-order valence-corrected chi connectivity index (χ2v) is 7.21. The summed E-state index contributed by atoms with van der Waals surface area (Å²) in [5.74, 6) is -0.0544. The SMILES string of the molecule is CCN1C(=O)/C(=C/c2cccc(Br)c2)SC1=Nc1cccnc1Cl. The Morgan fingerprint density at radius 3 is 2.92 bits per heavy atom. The van der Waals surface area contributed by atoms with E-state index in [-0.39, 0.29) is 5.91 Å². The summed E-state index contributed by atoms with van der Waals surface area (Å²) in [5.41, 5.74) is 1.51. The topological polar surface area (TPSA) is 45.6 Å². The monoisotopic (exact) mass is 421 g/mol. The third-order valence-corrected chi connectivity index (χ3v) is 5.10. The highest BCUT2D eigenvalue weighted by molar-refractivity contribution is 9.10. The van der Waals surface area contributed by atoms with E-state index in [2.05, 4.69) is 25.9 Å². The van der Waals surface area contributed by atoms with Crippen LogP contribution in [0.25, 0.3) is 6.08 Å². The van der Waals surface area contributed by atoms with Gasteiger partial charge < -0.3 is 0 Å². The van der Waals surface area contributed by atoms with E-state index in [0.717, 1.165) is 10.0 Å². The zero-order chi connectivity index (χ0) is 17.1. The molecule has 1 saturated heterocycles. The maximum Gasteiger partial charge on any atom is 0.266 e. The number of aromatic nitrogens is 1. The Balaban J connectivity index is 1.96. The van der Waals surface area contributed by atoms with Crippen molar-refractivity contribution in [3.63, 3.8) is 0 Å². The minimum absolute atomic E-state index is 0.0544. The van der Waals surface area contributed by atoms with Crippen molar-refractivity contribution >= 4 is 62.1 Å². The second-order valence-electron chi connectivity index (χ2n) is 4.92. The first-order valence-electron chi connectivity index (χ1n) is 7.24. The van der Waals surface area contributed by atoms with Crippen molar-refractivity contribution in [1.29, 1.82) is 0 Å². The predicted octanol–water partition coefficient (Wildman–Crippen LogP) is 5.12. The van der Waals surface area contributed by atoms with Crippen molar-refractivity contribution in [2.75, 3.05) is 6.54 Å². The minimum atomic E-state index is -0.0544. The number of thioether (sulfide) groups is 1. The molecular formula is C17H13BrClN3OS. The van der Waals surface area contributed by atoms with Gasteiger partial charge in [-0.05, 0) is 54.6 Å². The highest BCUT2D eigenvalue weighted by atomic mass is 79.9. The molecule has 0 radical (unpaired) electrons. The summed E-state index contributed by atoms with van der Waals surface area (Å²) in [6, 6.07) is 11.3. The van der Waals surface area contributed by atoms with E-state index in [1.165, 1.54) is 11.8 Å². The standard InChI is InChI=1S/C17H13BrClN3OS/c1-2-22-16(23)14(10-11-5-3-6-12(18)9-11)24-17(22)21-13-7-4-8-20-15(13)19/h3-10H,2H2,1H3/b14-10-,21-17?. The van der Waals surface area contributed by atoms with Gasteiger partial charge in [-0.1, -0.05) is 39.7 Å². The molecule has 0 unspecified atom stereocenters. The number of pyridine rings is 1. The molecule has 1 aromatic heterocycles. The molecule has 0 atom stereocenters. The molecule has 1 aliphatic heterocycles. The summed E-state index contributed by atoms with van der Waals surface area (Å²) in [7, 11) is 0. The molecule has 2 aromatic rings. The number of benzene rings is 1. The first kappa shape index (κ1) is 17.2. The first-order chi connectivity index (χ1) is 11.6. The Kier molecular flexibility index (Phi) is 5.38. The van der Waals surface area contributed by atoms with Crippen molar-refractivity contribution in [2.45, 2.75) is 6.92 Å². The van der Waals surface area contributed by atoms with E-state index in [1.54, 1.807) is 23.2 Å². The summed E-state index contributed by atoms with van der Waals surface area (Å²) in [4.78, 5) is 23.4. The fourth-order valence-electron chi connectivity index (χ4n) is 2.18. The molecule has 122 valence electrons. The quantitative estimate of drug-likeness (QED) is 0.509. The molecule has 0 saturated carbocycles. The van der Waals surface area contributed by atoms with Crippen LogP contribution in [0.3, 0.4) is 0 Å². The molecule has 0 N–H and O–H groups in total. The van der Waals surface area contributed by atoms with E-state index in [0.29, 0.717) is 27.5 Å². The van der Waals surface area contributed by atoms with Crippen molar-refractivity contribution in [3.05, 3.63) is 62.7 Å². The van der Waals surface area contributed by atoms with Crippen molar-refractivity contribution in [1.82, 2.24) is 9.88 Å². The molecule has 2 heterocycles. The normalized spacial score (nSPS) is 18.0. The number of hydrogen-bond donors (Lipinski definition) is 0. The van der Waals surface area contributed by atoms with Crippen LogP contribution in [0.15, 0.2) is 57.0 Å². The molecular weight excluding hydrogens is 410 g/mol. The predicted molar refractivity (Wildman–Crippen MR) is 103 cm³/mol. The molecule has 1 aromatic carbocycles. The fraction of sp³-hybridized carbons (Fsp3) is 0.118. The molecule has 0 aliphatic carbocycles. The van der Waals surface area contributed by atoms with Crippen LogP contribution in [0.1, 0.15) is 12.5 Å². The third kappa shape index (κ3) is 3.71. The number of halogens is 2. The van der Waals surface area contributed by atoms with Gasteiger partial charge in [0.1, 0.15) is 5.69 Å². The second kappa shape index (κ2) is 7.51. The number of aliphatic imine (C=N–C) groups is 1. The van der Waals surface area contributed by atoms with Crippen molar-refractivity contribution in [3.8, 4) is 0 Å². The summed E-state index contributed by atoms with van der Waals surface area (Å²) < 4.78 is 0.968. The molecule has 1 amide bonds. The summed E-state index contributed by atoms with van der Waals surface area (Å²) >= 11 is 10.8. The van der Waals surface area contributed by atoms with Crippen LogP contribution in [-0.4, -0.2) is 27.5 Å². The number of hydrogen-bond acceptors (Lipinski definition) is 4. The van der Waals surface area contributed by atoms with Gasteiger partial charge in [0.25, 0.3) is 5.91 Å². The number of carbonyl (C=O) groups is 1. The largest absolute Gasteiger partial charge is 0.287 e. The molecule has 24 heavy (non-hydrogen) atoms. The Hall–Kier alpha value is -1.63. The lowest BCUT2D eigenvalue weighted by Gasteiger charge is -2.12. The van der Waals surface area contributed by atoms with Crippen LogP contribution in [0, 0.1) is 0 Å². The van der Waals surface area contributed by atoms with Gasteiger partial charge in [0, 0.05) is 17.2 Å². The Labute approximate surface area is 157 Å². The fourth-order valence-corrected chi connectivity index (χ4v) is 3.82. The number of rotatable bonds is 3. The highest BCUT2D eigenvalue weighted by Crippen LogP contribution is 2.35. The van der Waals surface area contributed by atoms with Crippen LogP contribution in [0.5, 0.6) is 0 Å². The van der Waals surface area contributed by atoms with Crippen LogP contribution >= 0.6 is 39.3 Å². The molecule has 7 heteroatoms. The van der Waals surface area contributed by atoms with E-state index in [1.807, 2.05) is 37.3 Å². The molecule has 1 fully saturated rings. The Morgan fingerprint density at radius 1 is 1.38 bits per heavy atom. The van der Waals surface area contributed by atoms with Gasteiger partial charge in [-0.15, -0.1) is 0 Å². The van der Waals surface area contributed by atoms with Gasteiger partial charge in [0.2, 0.25) is 0 Å². The molecule has 0 spiro atoms.